The number of hydrogen-bond acceptors (Lipinski definition) is 3. The molecule has 0 atom stereocenters. The first-order chi connectivity index (χ1) is 14.2. The maximum atomic E-state index is 12.9. The highest BCUT2D eigenvalue weighted by atomic mass is 16.2. The molecule has 0 unspecified atom stereocenters. The van der Waals surface area contributed by atoms with Crippen LogP contribution in [0.1, 0.15) is 34.7 Å². The van der Waals surface area contributed by atoms with E-state index in [2.05, 4.69) is 42.2 Å². The van der Waals surface area contributed by atoms with Gasteiger partial charge in [-0.15, -0.1) is 0 Å². The number of hydrogen-bond donors (Lipinski definition) is 0. The van der Waals surface area contributed by atoms with Crippen LogP contribution in [-0.4, -0.2) is 15.8 Å². The average Bonchev–Trinajstić information content (AvgIpc) is 2.78. The fraction of sp³-hybridized carbons (Fsp3) is 0.160. The molecule has 1 heterocycles. The molecule has 0 fully saturated rings. The number of amides is 1. The number of aromatic nitrogens is 1. The Kier molecular flexibility index (Phi) is 6.91. The quantitative estimate of drug-likeness (QED) is 0.555. The fourth-order valence-electron chi connectivity index (χ4n) is 2.97. The van der Waals surface area contributed by atoms with Crippen LogP contribution in [0.2, 0.25) is 0 Å². The number of benzene rings is 2. The van der Waals surface area contributed by atoms with Crippen LogP contribution in [0, 0.1) is 11.3 Å². The molecule has 3 aromatic rings. The van der Waals surface area contributed by atoms with Crippen LogP contribution in [0.5, 0.6) is 0 Å². The number of rotatable bonds is 7. The SMILES string of the molecule is CCc1ccc(CN(Cc2cccnc2)C(=O)C=Cc2ccc(C#N)cc2)cc1. The predicted molar refractivity (Wildman–Crippen MR) is 115 cm³/mol. The summed E-state index contributed by atoms with van der Waals surface area (Å²) in [5.74, 6) is -0.0715. The molecule has 4 heteroatoms. The van der Waals surface area contributed by atoms with E-state index in [0.717, 1.165) is 23.1 Å². The fourth-order valence-corrected chi connectivity index (χ4v) is 2.97. The summed E-state index contributed by atoms with van der Waals surface area (Å²) in [7, 11) is 0. The minimum absolute atomic E-state index is 0.0715. The van der Waals surface area contributed by atoms with Crippen molar-refractivity contribution in [1.29, 1.82) is 5.26 Å². The summed E-state index contributed by atoms with van der Waals surface area (Å²) in [5.41, 5.74) is 4.83. The third-order valence-electron chi connectivity index (χ3n) is 4.67. The van der Waals surface area contributed by atoms with Crippen molar-refractivity contribution in [3.8, 4) is 6.07 Å². The van der Waals surface area contributed by atoms with Gasteiger partial charge in [-0.25, -0.2) is 0 Å². The van der Waals surface area contributed by atoms with Gasteiger partial charge in [0.2, 0.25) is 5.91 Å². The highest BCUT2D eigenvalue weighted by Gasteiger charge is 2.12. The van der Waals surface area contributed by atoms with E-state index in [1.807, 2.05) is 24.3 Å². The van der Waals surface area contributed by atoms with Gasteiger partial charge in [0, 0.05) is 31.6 Å². The smallest absolute Gasteiger partial charge is 0.247 e. The molecule has 29 heavy (non-hydrogen) atoms. The maximum Gasteiger partial charge on any atom is 0.247 e. The first-order valence-corrected chi connectivity index (χ1v) is 9.62. The summed E-state index contributed by atoms with van der Waals surface area (Å²) in [6.45, 7) is 3.14. The summed E-state index contributed by atoms with van der Waals surface area (Å²) in [6, 6.07) is 21.5. The van der Waals surface area contributed by atoms with Crippen molar-refractivity contribution in [2.24, 2.45) is 0 Å². The first-order valence-electron chi connectivity index (χ1n) is 9.62. The van der Waals surface area contributed by atoms with E-state index in [9.17, 15) is 4.79 Å². The van der Waals surface area contributed by atoms with Crippen molar-refractivity contribution in [3.05, 3.63) is 107 Å². The van der Waals surface area contributed by atoms with E-state index in [-0.39, 0.29) is 5.91 Å². The lowest BCUT2D eigenvalue weighted by molar-refractivity contribution is -0.127. The molecule has 0 saturated heterocycles. The van der Waals surface area contributed by atoms with Crippen LogP contribution in [0.25, 0.3) is 6.08 Å². The number of nitrogens with zero attached hydrogens (tertiary/aromatic N) is 3. The number of nitriles is 1. The number of pyridine rings is 1. The van der Waals surface area contributed by atoms with Crippen molar-refractivity contribution in [1.82, 2.24) is 9.88 Å². The van der Waals surface area contributed by atoms with Crippen LogP contribution in [-0.2, 0) is 24.3 Å². The normalized spacial score (nSPS) is 10.6. The molecule has 0 aliphatic carbocycles. The largest absolute Gasteiger partial charge is 0.330 e. The number of carbonyl (C=O) groups excluding carboxylic acids is 1. The zero-order valence-corrected chi connectivity index (χ0v) is 16.5. The molecular weight excluding hydrogens is 358 g/mol. The van der Waals surface area contributed by atoms with Gasteiger partial charge in [0.25, 0.3) is 0 Å². The van der Waals surface area contributed by atoms with Gasteiger partial charge in [-0.05, 0) is 52.9 Å². The second-order valence-electron chi connectivity index (χ2n) is 6.79. The molecule has 0 spiro atoms. The third-order valence-corrected chi connectivity index (χ3v) is 4.67. The average molecular weight is 381 g/mol. The summed E-state index contributed by atoms with van der Waals surface area (Å²) in [6.07, 6.45) is 7.86. The Morgan fingerprint density at radius 1 is 1.00 bits per heavy atom. The molecule has 0 radical (unpaired) electrons. The van der Waals surface area contributed by atoms with Gasteiger partial charge in [-0.1, -0.05) is 49.4 Å². The Morgan fingerprint density at radius 2 is 1.69 bits per heavy atom. The lowest BCUT2D eigenvalue weighted by Gasteiger charge is -2.21. The monoisotopic (exact) mass is 381 g/mol. The van der Waals surface area contributed by atoms with E-state index in [1.165, 1.54) is 5.56 Å². The van der Waals surface area contributed by atoms with E-state index in [0.29, 0.717) is 18.7 Å². The van der Waals surface area contributed by atoms with Gasteiger partial charge in [0.1, 0.15) is 0 Å². The molecule has 0 saturated carbocycles. The Bertz CT molecular complexity index is 1000. The predicted octanol–water partition coefficient (Wildman–Crippen LogP) is 4.76. The molecule has 0 aliphatic rings. The number of carbonyl (C=O) groups is 1. The van der Waals surface area contributed by atoms with Gasteiger partial charge in [0.15, 0.2) is 0 Å². The summed E-state index contributed by atoms with van der Waals surface area (Å²) in [5, 5.41) is 8.90. The van der Waals surface area contributed by atoms with Crippen LogP contribution < -0.4 is 0 Å². The highest BCUT2D eigenvalue weighted by molar-refractivity contribution is 5.91. The van der Waals surface area contributed by atoms with E-state index >= 15 is 0 Å². The van der Waals surface area contributed by atoms with Crippen molar-refractivity contribution >= 4 is 12.0 Å². The van der Waals surface area contributed by atoms with Gasteiger partial charge >= 0.3 is 0 Å². The van der Waals surface area contributed by atoms with E-state index < -0.39 is 0 Å². The lowest BCUT2D eigenvalue weighted by Crippen LogP contribution is -2.28. The minimum Gasteiger partial charge on any atom is -0.330 e. The molecule has 0 aliphatic heterocycles. The summed E-state index contributed by atoms with van der Waals surface area (Å²) < 4.78 is 0. The molecule has 1 amide bonds. The van der Waals surface area contributed by atoms with E-state index in [1.54, 1.807) is 41.6 Å². The van der Waals surface area contributed by atoms with Gasteiger partial charge in [-0.2, -0.15) is 5.26 Å². The van der Waals surface area contributed by atoms with Crippen molar-refractivity contribution in [2.75, 3.05) is 0 Å². The Hall–Kier alpha value is -3.71. The maximum absolute atomic E-state index is 12.9. The highest BCUT2D eigenvalue weighted by Crippen LogP contribution is 2.13. The number of aryl methyl sites for hydroxylation is 1. The summed E-state index contributed by atoms with van der Waals surface area (Å²) in [4.78, 5) is 18.9. The first kappa shape index (κ1) is 20.0. The molecule has 0 bridgehead atoms. The zero-order chi connectivity index (χ0) is 20.5. The van der Waals surface area contributed by atoms with Crippen LogP contribution in [0.15, 0.2) is 79.1 Å². The Balaban J connectivity index is 1.77. The molecule has 2 aromatic carbocycles. The van der Waals surface area contributed by atoms with Crippen LogP contribution in [0.3, 0.4) is 0 Å². The Labute approximate surface area is 171 Å². The van der Waals surface area contributed by atoms with Crippen molar-refractivity contribution < 1.29 is 4.79 Å². The van der Waals surface area contributed by atoms with E-state index in [4.69, 9.17) is 5.26 Å². The van der Waals surface area contributed by atoms with Crippen molar-refractivity contribution in [2.45, 2.75) is 26.4 Å². The van der Waals surface area contributed by atoms with Gasteiger partial charge in [0.05, 0.1) is 11.6 Å². The lowest BCUT2D eigenvalue weighted by atomic mass is 10.1. The summed E-state index contributed by atoms with van der Waals surface area (Å²) >= 11 is 0. The molecule has 1 aromatic heterocycles. The van der Waals surface area contributed by atoms with Gasteiger partial charge in [-0.3, -0.25) is 9.78 Å². The molecule has 0 N–H and O–H groups in total. The molecule has 3 rings (SSSR count). The Morgan fingerprint density at radius 3 is 2.31 bits per heavy atom. The van der Waals surface area contributed by atoms with Crippen LogP contribution >= 0.6 is 0 Å². The molecular formula is C25H23N3O. The standard InChI is InChI=1S/C25H23N3O/c1-2-20-5-11-23(12-6-20)18-28(19-24-4-3-15-27-17-24)25(29)14-13-21-7-9-22(16-26)10-8-21/h3-15,17H,2,18-19H2,1H3. The second kappa shape index (κ2) is 10.0. The minimum atomic E-state index is -0.0715. The molecule has 4 nitrogen and oxygen atoms in total. The molecule has 144 valence electrons. The van der Waals surface area contributed by atoms with Crippen molar-refractivity contribution in [3.63, 3.8) is 0 Å². The zero-order valence-electron chi connectivity index (χ0n) is 16.5. The second-order valence-corrected chi connectivity index (χ2v) is 6.79. The van der Waals surface area contributed by atoms with Crippen LogP contribution in [0.4, 0.5) is 0 Å². The third kappa shape index (κ3) is 5.88. The van der Waals surface area contributed by atoms with Gasteiger partial charge < -0.3 is 4.90 Å². The topological polar surface area (TPSA) is 57.0 Å².